The van der Waals surface area contributed by atoms with Gasteiger partial charge in [-0.1, -0.05) is 31.9 Å². The third-order valence-electron chi connectivity index (χ3n) is 4.37. The maximum atomic E-state index is 10.9. The quantitative estimate of drug-likeness (QED) is 0.836. The molecular formula is C14H23ClN2O. The summed E-state index contributed by atoms with van der Waals surface area (Å²) in [6, 6.07) is 0. The summed E-state index contributed by atoms with van der Waals surface area (Å²) in [6.07, 6.45) is 6.52. The Morgan fingerprint density at radius 1 is 1.44 bits per heavy atom. The molecule has 2 atom stereocenters. The summed E-state index contributed by atoms with van der Waals surface area (Å²) < 4.78 is 1.72. The van der Waals surface area contributed by atoms with Crippen molar-refractivity contribution in [1.82, 2.24) is 9.78 Å². The second-order valence-electron chi connectivity index (χ2n) is 5.93. The first-order valence-electron chi connectivity index (χ1n) is 6.84. The highest BCUT2D eigenvalue weighted by Crippen LogP contribution is 2.41. The van der Waals surface area contributed by atoms with E-state index in [1.807, 2.05) is 7.05 Å². The first-order valence-corrected chi connectivity index (χ1v) is 7.22. The van der Waals surface area contributed by atoms with Crippen molar-refractivity contribution < 1.29 is 5.11 Å². The molecule has 2 rings (SSSR count). The zero-order valence-electron chi connectivity index (χ0n) is 11.5. The van der Waals surface area contributed by atoms with Crippen LogP contribution in [0.4, 0.5) is 0 Å². The Balaban J connectivity index is 2.22. The predicted octanol–water partition coefficient (Wildman–Crippen LogP) is 3.50. The number of halogens is 1. The molecule has 1 aliphatic carbocycles. The molecule has 102 valence electrons. The Morgan fingerprint density at radius 2 is 2.17 bits per heavy atom. The summed E-state index contributed by atoms with van der Waals surface area (Å²) in [5.41, 5.74) is -0.0139. The summed E-state index contributed by atoms with van der Waals surface area (Å²) in [6.45, 7) is 4.54. The molecule has 1 heterocycles. The highest BCUT2D eigenvalue weighted by Gasteiger charge is 2.37. The van der Waals surface area contributed by atoms with Crippen LogP contribution in [0.5, 0.6) is 0 Å². The second-order valence-corrected chi connectivity index (χ2v) is 6.34. The van der Waals surface area contributed by atoms with Crippen molar-refractivity contribution in [3.63, 3.8) is 0 Å². The van der Waals surface area contributed by atoms with Crippen LogP contribution in [0.15, 0.2) is 6.20 Å². The lowest BCUT2D eigenvalue weighted by Gasteiger charge is -2.27. The van der Waals surface area contributed by atoms with Gasteiger partial charge < -0.3 is 5.11 Å². The smallest absolute Gasteiger partial charge is 0.108 e. The number of aryl methyl sites for hydroxylation is 1. The SMILES string of the molecule is CC(C)C1CCCC(O)(c2c(Cl)cnn2C)CC1. The molecule has 1 aliphatic rings. The Hall–Kier alpha value is -0.540. The Morgan fingerprint density at radius 3 is 2.72 bits per heavy atom. The van der Waals surface area contributed by atoms with Gasteiger partial charge in [0.15, 0.2) is 0 Å². The predicted molar refractivity (Wildman–Crippen MR) is 73.5 cm³/mol. The molecule has 4 heteroatoms. The maximum absolute atomic E-state index is 10.9. The number of aromatic nitrogens is 2. The molecule has 18 heavy (non-hydrogen) atoms. The standard InChI is InChI=1S/C14H23ClN2O/c1-10(2)11-5-4-7-14(18,8-6-11)13-12(15)9-16-17(13)3/h9-11,18H,4-8H2,1-3H3. The van der Waals surface area contributed by atoms with Gasteiger partial charge in [-0.05, 0) is 37.5 Å². The van der Waals surface area contributed by atoms with Gasteiger partial charge in [0.05, 0.1) is 16.9 Å². The van der Waals surface area contributed by atoms with Crippen molar-refractivity contribution in [2.75, 3.05) is 0 Å². The zero-order chi connectivity index (χ0) is 13.3. The van der Waals surface area contributed by atoms with E-state index in [1.165, 1.54) is 6.42 Å². The zero-order valence-corrected chi connectivity index (χ0v) is 12.2. The van der Waals surface area contributed by atoms with Crippen LogP contribution in [-0.2, 0) is 12.6 Å². The normalized spacial score (nSPS) is 29.6. The fourth-order valence-corrected chi connectivity index (χ4v) is 3.53. The average molecular weight is 271 g/mol. The van der Waals surface area contributed by atoms with Crippen molar-refractivity contribution in [2.45, 2.75) is 51.6 Å². The van der Waals surface area contributed by atoms with E-state index < -0.39 is 5.60 Å². The summed E-state index contributed by atoms with van der Waals surface area (Å²) in [5.74, 6) is 1.40. The molecule has 1 saturated carbocycles. The van der Waals surface area contributed by atoms with Gasteiger partial charge in [0.1, 0.15) is 5.60 Å². The highest BCUT2D eigenvalue weighted by atomic mass is 35.5. The Bertz CT molecular complexity index is 396. The first-order chi connectivity index (χ1) is 8.44. The third-order valence-corrected chi connectivity index (χ3v) is 4.65. The lowest BCUT2D eigenvalue weighted by molar-refractivity contribution is 0.0114. The number of aliphatic hydroxyl groups is 1. The van der Waals surface area contributed by atoms with Crippen LogP contribution >= 0.6 is 11.6 Å². The van der Waals surface area contributed by atoms with Gasteiger partial charge in [-0.2, -0.15) is 5.10 Å². The van der Waals surface area contributed by atoms with Crippen LogP contribution in [0.1, 0.15) is 51.6 Å². The molecule has 0 aromatic carbocycles. The minimum Gasteiger partial charge on any atom is -0.384 e. The number of hydrogen-bond donors (Lipinski definition) is 1. The maximum Gasteiger partial charge on any atom is 0.108 e. The van der Waals surface area contributed by atoms with Crippen molar-refractivity contribution in [2.24, 2.45) is 18.9 Å². The molecule has 0 bridgehead atoms. The summed E-state index contributed by atoms with van der Waals surface area (Å²) >= 11 is 6.18. The van der Waals surface area contributed by atoms with Crippen molar-refractivity contribution in [1.29, 1.82) is 0 Å². The Labute approximate surface area is 114 Å². The topological polar surface area (TPSA) is 38.1 Å². The summed E-state index contributed by atoms with van der Waals surface area (Å²) in [4.78, 5) is 0. The molecule has 0 radical (unpaired) electrons. The van der Waals surface area contributed by atoms with Crippen LogP contribution < -0.4 is 0 Å². The summed E-state index contributed by atoms with van der Waals surface area (Å²) in [5, 5.41) is 15.7. The lowest BCUT2D eigenvalue weighted by atomic mass is 9.87. The molecule has 1 fully saturated rings. The third kappa shape index (κ3) is 2.57. The fourth-order valence-electron chi connectivity index (χ4n) is 3.19. The van der Waals surface area contributed by atoms with E-state index in [9.17, 15) is 5.11 Å². The molecule has 0 spiro atoms. The van der Waals surface area contributed by atoms with Crippen LogP contribution in [-0.4, -0.2) is 14.9 Å². The van der Waals surface area contributed by atoms with Crippen LogP contribution in [0.2, 0.25) is 5.02 Å². The van der Waals surface area contributed by atoms with Crippen molar-refractivity contribution in [3.05, 3.63) is 16.9 Å². The van der Waals surface area contributed by atoms with E-state index in [1.54, 1.807) is 10.9 Å². The van der Waals surface area contributed by atoms with Gasteiger partial charge >= 0.3 is 0 Å². The second kappa shape index (κ2) is 5.22. The minimum absolute atomic E-state index is 0.586. The van der Waals surface area contributed by atoms with Gasteiger partial charge in [-0.3, -0.25) is 4.68 Å². The van der Waals surface area contributed by atoms with Crippen molar-refractivity contribution in [3.8, 4) is 0 Å². The monoisotopic (exact) mass is 270 g/mol. The van der Waals surface area contributed by atoms with E-state index in [0.717, 1.165) is 31.4 Å². The highest BCUT2D eigenvalue weighted by molar-refractivity contribution is 6.31. The minimum atomic E-state index is -0.800. The van der Waals surface area contributed by atoms with Crippen LogP contribution in [0, 0.1) is 11.8 Å². The van der Waals surface area contributed by atoms with E-state index in [4.69, 9.17) is 11.6 Å². The van der Waals surface area contributed by atoms with Crippen molar-refractivity contribution >= 4 is 11.6 Å². The molecule has 1 N–H and O–H groups in total. The van der Waals surface area contributed by atoms with Crippen LogP contribution in [0.25, 0.3) is 0 Å². The molecule has 0 saturated heterocycles. The molecular weight excluding hydrogens is 248 g/mol. The molecule has 0 amide bonds. The molecule has 1 aromatic heterocycles. The van der Waals surface area contributed by atoms with Gasteiger partial charge in [0.25, 0.3) is 0 Å². The average Bonchev–Trinajstić information content (AvgIpc) is 2.52. The molecule has 1 aromatic rings. The molecule has 0 aliphatic heterocycles. The van der Waals surface area contributed by atoms with E-state index in [-0.39, 0.29) is 0 Å². The lowest BCUT2D eigenvalue weighted by Crippen LogP contribution is -2.28. The molecule has 2 unspecified atom stereocenters. The van der Waals surface area contributed by atoms with Gasteiger partial charge in [0.2, 0.25) is 0 Å². The molecule has 3 nitrogen and oxygen atoms in total. The first kappa shape index (κ1) is 13.9. The largest absolute Gasteiger partial charge is 0.384 e. The van der Waals surface area contributed by atoms with E-state index in [2.05, 4.69) is 18.9 Å². The fraction of sp³-hybridized carbons (Fsp3) is 0.786. The van der Waals surface area contributed by atoms with E-state index >= 15 is 0 Å². The van der Waals surface area contributed by atoms with Crippen LogP contribution in [0.3, 0.4) is 0 Å². The number of nitrogens with zero attached hydrogens (tertiary/aromatic N) is 2. The van der Waals surface area contributed by atoms with Gasteiger partial charge in [0, 0.05) is 7.05 Å². The van der Waals surface area contributed by atoms with Gasteiger partial charge in [-0.15, -0.1) is 0 Å². The van der Waals surface area contributed by atoms with E-state index in [0.29, 0.717) is 16.9 Å². The Kier molecular flexibility index (Phi) is 4.02. The number of rotatable bonds is 2. The summed E-state index contributed by atoms with van der Waals surface area (Å²) in [7, 11) is 1.85. The van der Waals surface area contributed by atoms with Gasteiger partial charge in [-0.25, -0.2) is 0 Å². The number of hydrogen-bond acceptors (Lipinski definition) is 2.